The highest BCUT2D eigenvalue weighted by atomic mass is 19.1. The van der Waals surface area contributed by atoms with Crippen LogP contribution in [-0.4, -0.2) is 36.6 Å². The molecule has 2 aliphatic rings. The lowest BCUT2D eigenvalue weighted by atomic mass is 10.1. The monoisotopic (exact) mass is 234 g/mol. The predicted molar refractivity (Wildman–Crippen MR) is 67.8 cm³/mol. The van der Waals surface area contributed by atoms with E-state index in [-0.39, 0.29) is 5.82 Å². The highest BCUT2D eigenvalue weighted by molar-refractivity contribution is 5.48. The molecule has 0 atom stereocenters. The number of piperazine rings is 1. The molecule has 0 N–H and O–H groups in total. The summed E-state index contributed by atoms with van der Waals surface area (Å²) < 4.78 is 12.9. The summed E-state index contributed by atoms with van der Waals surface area (Å²) in [7, 11) is 0. The minimum atomic E-state index is -0.151. The molecule has 1 saturated carbocycles. The van der Waals surface area contributed by atoms with Gasteiger partial charge in [0.2, 0.25) is 0 Å². The molecule has 1 aliphatic heterocycles. The maximum atomic E-state index is 12.9. The first-order chi connectivity index (χ1) is 8.23. The zero-order chi connectivity index (χ0) is 11.9. The van der Waals surface area contributed by atoms with Crippen LogP contribution in [0, 0.1) is 5.82 Å². The minimum absolute atomic E-state index is 0.151. The van der Waals surface area contributed by atoms with Gasteiger partial charge in [-0.2, -0.15) is 0 Å². The molecule has 1 spiro atoms. The third kappa shape index (κ3) is 1.93. The van der Waals surface area contributed by atoms with E-state index in [0.29, 0.717) is 5.54 Å². The van der Waals surface area contributed by atoms with Crippen LogP contribution >= 0.6 is 0 Å². The lowest BCUT2D eigenvalue weighted by Crippen LogP contribution is -2.54. The summed E-state index contributed by atoms with van der Waals surface area (Å²) in [6.07, 6.45) is 2.64. The first kappa shape index (κ1) is 11.0. The summed E-state index contributed by atoms with van der Waals surface area (Å²) in [5.41, 5.74) is 1.59. The number of nitrogens with zero attached hydrogens (tertiary/aromatic N) is 2. The molecule has 1 aromatic rings. The van der Waals surface area contributed by atoms with Gasteiger partial charge in [-0.05, 0) is 43.7 Å². The standard InChI is InChI=1S/C14H19FN2/c1-2-17-10-9-16(11-14(17)7-8-14)13-5-3-12(15)4-6-13/h3-6H,2,7-11H2,1H3. The normalized spacial score (nSPS) is 23.1. The van der Waals surface area contributed by atoms with Gasteiger partial charge in [-0.15, -0.1) is 0 Å². The third-order valence-corrected chi connectivity index (χ3v) is 4.20. The van der Waals surface area contributed by atoms with Gasteiger partial charge in [-0.25, -0.2) is 4.39 Å². The molecule has 0 radical (unpaired) electrons. The molecule has 0 amide bonds. The maximum Gasteiger partial charge on any atom is 0.123 e. The first-order valence-electron chi connectivity index (χ1n) is 6.49. The molecule has 2 nitrogen and oxygen atoms in total. The number of benzene rings is 1. The van der Waals surface area contributed by atoms with Crippen molar-refractivity contribution in [3.8, 4) is 0 Å². The number of hydrogen-bond donors (Lipinski definition) is 0. The Morgan fingerprint density at radius 3 is 2.47 bits per heavy atom. The van der Waals surface area contributed by atoms with Gasteiger partial charge in [-0.1, -0.05) is 6.92 Å². The average Bonchev–Trinajstić information content (AvgIpc) is 3.10. The Labute approximate surface area is 102 Å². The average molecular weight is 234 g/mol. The summed E-state index contributed by atoms with van der Waals surface area (Å²) in [5.74, 6) is -0.151. The fourth-order valence-electron chi connectivity index (χ4n) is 3.00. The van der Waals surface area contributed by atoms with Crippen molar-refractivity contribution < 1.29 is 4.39 Å². The predicted octanol–water partition coefficient (Wildman–Crippen LogP) is 2.50. The van der Waals surface area contributed by atoms with Crippen molar-refractivity contribution in [1.29, 1.82) is 0 Å². The van der Waals surface area contributed by atoms with Crippen molar-refractivity contribution in [1.82, 2.24) is 4.90 Å². The molecular weight excluding hydrogens is 215 g/mol. The molecule has 1 heterocycles. The zero-order valence-electron chi connectivity index (χ0n) is 10.3. The van der Waals surface area contributed by atoms with Crippen LogP contribution in [0.25, 0.3) is 0 Å². The Balaban J connectivity index is 1.76. The molecule has 0 bridgehead atoms. The second kappa shape index (κ2) is 3.98. The van der Waals surface area contributed by atoms with Crippen LogP contribution in [0.15, 0.2) is 24.3 Å². The van der Waals surface area contributed by atoms with Gasteiger partial charge in [0.15, 0.2) is 0 Å². The second-order valence-corrected chi connectivity index (χ2v) is 5.20. The van der Waals surface area contributed by atoms with Gasteiger partial charge in [0.05, 0.1) is 0 Å². The van der Waals surface area contributed by atoms with E-state index in [1.54, 1.807) is 12.1 Å². The molecule has 1 saturated heterocycles. The highest BCUT2D eigenvalue weighted by Gasteiger charge is 2.50. The fraction of sp³-hybridized carbons (Fsp3) is 0.571. The Hall–Kier alpha value is -1.09. The van der Waals surface area contributed by atoms with Gasteiger partial charge < -0.3 is 4.90 Å². The van der Waals surface area contributed by atoms with Gasteiger partial charge in [0, 0.05) is 30.9 Å². The second-order valence-electron chi connectivity index (χ2n) is 5.20. The van der Waals surface area contributed by atoms with Crippen LogP contribution in [0.4, 0.5) is 10.1 Å². The molecule has 1 aromatic carbocycles. The van der Waals surface area contributed by atoms with Crippen molar-refractivity contribution >= 4 is 5.69 Å². The topological polar surface area (TPSA) is 6.48 Å². The maximum absolute atomic E-state index is 12.9. The summed E-state index contributed by atoms with van der Waals surface area (Å²) in [5, 5.41) is 0. The molecular formula is C14H19FN2. The molecule has 17 heavy (non-hydrogen) atoms. The molecule has 3 rings (SSSR count). The van der Waals surface area contributed by atoms with Gasteiger partial charge >= 0.3 is 0 Å². The zero-order valence-corrected chi connectivity index (χ0v) is 10.3. The molecule has 0 aromatic heterocycles. The first-order valence-corrected chi connectivity index (χ1v) is 6.49. The van der Waals surface area contributed by atoms with Gasteiger partial charge in [-0.3, -0.25) is 4.90 Å². The number of hydrogen-bond acceptors (Lipinski definition) is 2. The Kier molecular flexibility index (Phi) is 2.58. The summed E-state index contributed by atoms with van der Waals surface area (Å²) in [4.78, 5) is 5.01. The minimum Gasteiger partial charge on any atom is -0.368 e. The van der Waals surface area contributed by atoms with E-state index >= 15 is 0 Å². The molecule has 1 aliphatic carbocycles. The van der Waals surface area contributed by atoms with Crippen LogP contribution in [0.1, 0.15) is 19.8 Å². The third-order valence-electron chi connectivity index (χ3n) is 4.20. The Morgan fingerprint density at radius 1 is 1.18 bits per heavy atom. The number of likely N-dealkylation sites (N-methyl/N-ethyl adjacent to an activating group) is 1. The lowest BCUT2D eigenvalue weighted by molar-refractivity contribution is 0.167. The fourth-order valence-corrected chi connectivity index (χ4v) is 3.00. The van der Waals surface area contributed by atoms with E-state index < -0.39 is 0 Å². The largest absolute Gasteiger partial charge is 0.368 e. The molecule has 2 fully saturated rings. The van der Waals surface area contributed by atoms with Gasteiger partial charge in [0.1, 0.15) is 5.82 Å². The van der Waals surface area contributed by atoms with Crippen molar-refractivity contribution in [2.45, 2.75) is 25.3 Å². The number of rotatable bonds is 2. The SMILES string of the molecule is CCN1CCN(c2ccc(F)cc2)CC12CC2. The molecule has 92 valence electrons. The quantitative estimate of drug-likeness (QED) is 0.775. The van der Waals surface area contributed by atoms with Crippen molar-refractivity contribution in [3.05, 3.63) is 30.1 Å². The summed E-state index contributed by atoms with van der Waals surface area (Å²) in [6, 6.07) is 6.90. The smallest absolute Gasteiger partial charge is 0.123 e. The molecule has 0 unspecified atom stereocenters. The van der Waals surface area contributed by atoms with Crippen LogP contribution in [0.2, 0.25) is 0 Å². The van der Waals surface area contributed by atoms with Crippen molar-refractivity contribution in [2.24, 2.45) is 0 Å². The highest BCUT2D eigenvalue weighted by Crippen LogP contribution is 2.44. The van der Waals surface area contributed by atoms with Crippen LogP contribution in [0.5, 0.6) is 0 Å². The molecule has 3 heteroatoms. The van der Waals surface area contributed by atoms with E-state index in [2.05, 4.69) is 16.7 Å². The van der Waals surface area contributed by atoms with Crippen LogP contribution in [-0.2, 0) is 0 Å². The van der Waals surface area contributed by atoms with Crippen molar-refractivity contribution in [3.63, 3.8) is 0 Å². The van der Waals surface area contributed by atoms with Crippen LogP contribution in [0.3, 0.4) is 0 Å². The van der Waals surface area contributed by atoms with E-state index in [4.69, 9.17) is 0 Å². The van der Waals surface area contributed by atoms with Crippen molar-refractivity contribution in [2.75, 3.05) is 31.1 Å². The van der Waals surface area contributed by atoms with E-state index in [1.165, 1.54) is 12.8 Å². The van der Waals surface area contributed by atoms with Crippen LogP contribution < -0.4 is 4.90 Å². The number of anilines is 1. The summed E-state index contributed by atoms with van der Waals surface area (Å²) >= 11 is 0. The number of halogens is 1. The Morgan fingerprint density at radius 2 is 1.88 bits per heavy atom. The van der Waals surface area contributed by atoms with E-state index in [1.807, 2.05) is 12.1 Å². The lowest BCUT2D eigenvalue weighted by Gasteiger charge is -2.42. The van der Waals surface area contributed by atoms with Gasteiger partial charge in [0.25, 0.3) is 0 Å². The van der Waals surface area contributed by atoms with E-state index in [0.717, 1.165) is 31.9 Å². The van der Waals surface area contributed by atoms with E-state index in [9.17, 15) is 4.39 Å². The summed E-state index contributed by atoms with van der Waals surface area (Å²) in [6.45, 7) is 6.69. The Bertz CT molecular complexity index is 397.